The fourth-order valence-electron chi connectivity index (χ4n) is 2.08. The van der Waals surface area contributed by atoms with Crippen LogP contribution in [0.15, 0.2) is 48.5 Å². The normalized spacial score (nSPS) is 10.3. The third-order valence-electron chi connectivity index (χ3n) is 3.48. The number of hydrogen-bond acceptors (Lipinski definition) is 3. The molecule has 0 saturated heterocycles. The molecule has 2 aromatic carbocycles. The molecule has 0 saturated carbocycles. The Morgan fingerprint density at radius 3 is 2.55 bits per heavy atom. The molecule has 0 N–H and O–H groups in total. The highest BCUT2D eigenvalue weighted by atomic mass is 16.5. The zero-order chi connectivity index (χ0) is 15.8. The molecule has 0 heterocycles. The molecular weight excluding hydrogens is 276 g/mol. The molecule has 116 valence electrons. The van der Waals surface area contributed by atoms with E-state index in [9.17, 15) is 4.79 Å². The maximum Gasteiger partial charge on any atom is 0.341 e. The van der Waals surface area contributed by atoms with Crippen LogP contribution in [-0.2, 0) is 11.3 Å². The van der Waals surface area contributed by atoms with Crippen LogP contribution >= 0.6 is 0 Å². The van der Waals surface area contributed by atoms with Crippen LogP contribution in [0.25, 0.3) is 0 Å². The summed E-state index contributed by atoms with van der Waals surface area (Å²) in [5, 5.41) is 0. The van der Waals surface area contributed by atoms with Gasteiger partial charge in [-0.15, -0.1) is 0 Å². The molecule has 0 spiro atoms. The van der Waals surface area contributed by atoms with E-state index in [1.54, 1.807) is 12.1 Å². The maximum absolute atomic E-state index is 12.1. The molecule has 2 aromatic rings. The maximum atomic E-state index is 12.1. The van der Waals surface area contributed by atoms with Crippen molar-refractivity contribution in [3.63, 3.8) is 0 Å². The Kier molecular flexibility index (Phi) is 6.01. The van der Waals surface area contributed by atoms with Gasteiger partial charge in [-0.2, -0.15) is 0 Å². The van der Waals surface area contributed by atoms with Gasteiger partial charge in [0.05, 0.1) is 6.61 Å². The standard InChI is InChI=1S/C19H22O3/c1-3-4-13-21-19(20)17-11-7-8-12-18(17)22-14-16-10-6-5-9-15(16)2/h5-12H,3-4,13-14H2,1-2H3. The van der Waals surface area contributed by atoms with E-state index < -0.39 is 0 Å². The summed E-state index contributed by atoms with van der Waals surface area (Å²) in [5.41, 5.74) is 2.76. The van der Waals surface area contributed by atoms with E-state index in [-0.39, 0.29) is 5.97 Å². The summed E-state index contributed by atoms with van der Waals surface area (Å²) in [6, 6.07) is 15.3. The summed E-state index contributed by atoms with van der Waals surface area (Å²) >= 11 is 0. The molecule has 3 nitrogen and oxygen atoms in total. The van der Waals surface area contributed by atoms with E-state index in [1.165, 1.54) is 5.56 Å². The van der Waals surface area contributed by atoms with Crippen molar-refractivity contribution < 1.29 is 14.3 Å². The summed E-state index contributed by atoms with van der Waals surface area (Å²) in [4.78, 5) is 12.1. The van der Waals surface area contributed by atoms with Gasteiger partial charge in [-0.3, -0.25) is 0 Å². The molecule has 3 heteroatoms. The number of aryl methyl sites for hydroxylation is 1. The molecular formula is C19H22O3. The molecule has 0 amide bonds. The third kappa shape index (κ3) is 4.35. The van der Waals surface area contributed by atoms with E-state index >= 15 is 0 Å². The summed E-state index contributed by atoms with van der Waals surface area (Å²) in [6.07, 6.45) is 1.87. The average Bonchev–Trinajstić information content (AvgIpc) is 2.54. The molecule has 0 aliphatic heterocycles. The van der Waals surface area contributed by atoms with E-state index in [2.05, 4.69) is 6.92 Å². The number of carbonyl (C=O) groups excluding carboxylic acids is 1. The lowest BCUT2D eigenvalue weighted by molar-refractivity contribution is 0.0494. The van der Waals surface area contributed by atoms with Crippen LogP contribution in [0.2, 0.25) is 0 Å². The predicted octanol–water partition coefficient (Wildman–Crippen LogP) is 4.53. The number of carbonyl (C=O) groups is 1. The summed E-state index contributed by atoms with van der Waals surface area (Å²) in [5.74, 6) is 0.237. The molecule has 0 radical (unpaired) electrons. The SMILES string of the molecule is CCCCOC(=O)c1ccccc1OCc1ccccc1C. The Morgan fingerprint density at radius 2 is 1.77 bits per heavy atom. The van der Waals surface area contributed by atoms with E-state index in [0.29, 0.717) is 24.5 Å². The minimum Gasteiger partial charge on any atom is -0.488 e. The van der Waals surface area contributed by atoms with Crippen molar-refractivity contribution in [1.29, 1.82) is 0 Å². The molecule has 0 fully saturated rings. The Labute approximate surface area is 131 Å². The number of esters is 1. The van der Waals surface area contributed by atoms with Gasteiger partial charge in [0.2, 0.25) is 0 Å². The number of benzene rings is 2. The first-order valence-electron chi connectivity index (χ1n) is 7.66. The van der Waals surface area contributed by atoms with Crippen molar-refractivity contribution in [1.82, 2.24) is 0 Å². The Morgan fingerprint density at radius 1 is 1.05 bits per heavy atom. The molecule has 0 aliphatic carbocycles. The minimum atomic E-state index is -0.325. The van der Waals surface area contributed by atoms with Gasteiger partial charge in [-0.25, -0.2) is 4.79 Å². The van der Waals surface area contributed by atoms with E-state index in [4.69, 9.17) is 9.47 Å². The number of hydrogen-bond donors (Lipinski definition) is 0. The Hall–Kier alpha value is -2.29. The van der Waals surface area contributed by atoms with Gasteiger partial charge in [0.1, 0.15) is 17.9 Å². The molecule has 2 rings (SSSR count). The highest BCUT2D eigenvalue weighted by Gasteiger charge is 2.13. The third-order valence-corrected chi connectivity index (χ3v) is 3.48. The predicted molar refractivity (Wildman–Crippen MR) is 87.1 cm³/mol. The molecule has 0 bridgehead atoms. The Bertz CT molecular complexity index is 620. The lowest BCUT2D eigenvalue weighted by Crippen LogP contribution is -2.09. The number of unbranched alkanes of at least 4 members (excludes halogenated alkanes) is 1. The Balaban J connectivity index is 2.05. The number of para-hydroxylation sites is 1. The van der Waals surface area contributed by atoms with Crippen LogP contribution < -0.4 is 4.74 Å². The smallest absolute Gasteiger partial charge is 0.341 e. The van der Waals surface area contributed by atoms with Crippen molar-refractivity contribution in [2.75, 3.05) is 6.61 Å². The molecule has 0 aliphatic rings. The van der Waals surface area contributed by atoms with Crippen molar-refractivity contribution >= 4 is 5.97 Å². The first-order chi connectivity index (χ1) is 10.7. The van der Waals surface area contributed by atoms with Gasteiger partial charge in [0.15, 0.2) is 0 Å². The fourth-order valence-corrected chi connectivity index (χ4v) is 2.08. The summed E-state index contributed by atoms with van der Waals surface area (Å²) in [6.45, 7) is 4.99. The van der Waals surface area contributed by atoms with Gasteiger partial charge in [0, 0.05) is 0 Å². The van der Waals surface area contributed by atoms with Gasteiger partial charge in [0.25, 0.3) is 0 Å². The van der Waals surface area contributed by atoms with Crippen LogP contribution in [0.5, 0.6) is 5.75 Å². The second kappa shape index (κ2) is 8.23. The van der Waals surface area contributed by atoms with E-state index in [1.807, 2.05) is 43.3 Å². The van der Waals surface area contributed by atoms with Crippen molar-refractivity contribution in [3.8, 4) is 5.75 Å². The van der Waals surface area contributed by atoms with Crippen LogP contribution in [-0.4, -0.2) is 12.6 Å². The quantitative estimate of drug-likeness (QED) is 0.556. The van der Waals surface area contributed by atoms with Gasteiger partial charge in [-0.05, 0) is 36.6 Å². The van der Waals surface area contributed by atoms with Crippen LogP contribution in [0.1, 0.15) is 41.3 Å². The monoisotopic (exact) mass is 298 g/mol. The van der Waals surface area contributed by atoms with Crippen molar-refractivity contribution in [2.45, 2.75) is 33.3 Å². The number of rotatable bonds is 7. The zero-order valence-electron chi connectivity index (χ0n) is 13.2. The topological polar surface area (TPSA) is 35.5 Å². The first-order valence-corrected chi connectivity index (χ1v) is 7.66. The zero-order valence-corrected chi connectivity index (χ0v) is 13.2. The van der Waals surface area contributed by atoms with Crippen LogP contribution in [0, 0.1) is 6.92 Å². The lowest BCUT2D eigenvalue weighted by atomic mass is 10.1. The first kappa shape index (κ1) is 16.1. The molecule has 22 heavy (non-hydrogen) atoms. The van der Waals surface area contributed by atoms with Gasteiger partial charge in [-0.1, -0.05) is 49.7 Å². The fraction of sp³-hybridized carbons (Fsp3) is 0.316. The van der Waals surface area contributed by atoms with Gasteiger partial charge < -0.3 is 9.47 Å². The summed E-state index contributed by atoms with van der Waals surface area (Å²) < 4.78 is 11.1. The lowest BCUT2D eigenvalue weighted by Gasteiger charge is -2.12. The number of ether oxygens (including phenoxy) is 2. The minimum absolute atomic E-state index is 0.325. The molecule has 0 unspecified atom stereocenters. The average molecular weight is 298 g/mol. The van der Waals surface area contributed by atoms with Crippen molar-refractivity contribution in [2.24, 2.45) is 0 Å². The molecule has 0 atom stereocenters. The summed E-state index contributed by atoms with van der Waals surface area (Å²) in [7, 11) is 0. The van der Waals surface area contributed by atoms with Gasteiger partial charge >= 0.3 is 5.97 Å². The van der Waals surface area contributed by atoms with E-state index in [0.717, 1.165) is 18.4 Å². The molecule has 0 aromatic heterocycles. The van der Waals surface area contributed by atoms with Crippen molar-refractivity contribution in [3.05, 3.63) is 65.2 Å². The highest BCUT2D eigenvalue weighted by Crippen LogP contribution is 2.21. The highest BCUT2D eigenvalue weighted by molar-refractivity contribution is 5.92. The van der Waals surface area contributed by atoms with Crippen LogP contribution in [0.3, 0.4) is 0 Å². The van der Waals surface area contributed by atoms with Crippen LogP contribution in [0.4, 0.5) is 0 Å². The second-order valence-electron chi connectivity index (χ2n) is 5.20. The second-order valence-corrected chi connectivity index (χ2v) is 5.20. The largest absolute Gasteiger partial charge is 0.488 e.